The number of ether oxygens (including phenoxy) is 1. The summed E-state index contributed by atoms with van der Waals surface area (Å²) in [6.07, 6.45) is 0. The molecule has 9 heteroatoms. The number of nitrogens with two attached hydrogens (primary N) is 1. The molecule has 1 aromatic carbocycles. The van der Waals surface area contributed by atoms with Gasteiger partial charge in [0.1, 0.15) is 5.75 Å². The Labute approximate surface area is 113 Å². The highest BCUT2D eigenvalue weighted by atomic mass is 35.5. The fraction of sp³-hybridized carbons (Fsp3) is 0.200. The lowest BCUT2D eigenvalue weighted by Crippen LogP contribution is -2.16. The smallest absolute Gasteiger partial charge is 0.259 e. The van der Waals surface area contributed by atoms with Crippen molar-refractivity contribution in [1.29, 1.82) is 0 Å². The third kappa shape index (κ3) is 2.43. The lowest BCUT2D eigenvalue weighted by atomic mass is 10.1. The number of nitrogens with zero attached hydrogens (tertiary/aromatic N) is 4. The number of carbonyl (C=O) groups excluding carboxylic acids is 1. The third-order valence-corrected chi connectivity index (χ3v) is 2.86. The zero-order chi connectivity index (χ0) is 14.0. The SMILES string of the molecule is COc1ccc(C(=O)Nc2nnnn2C)c(Cl)c1N. The number of nitrogen functional groups attached to an aromatic ring is 1. The molecule has 0 saturated carbocycles. The molecule has 0 atom stereocenters. The van der Waals surface area contributed by atoms with Gasteiger partial charge in [0.25, 0.3) is 5.91 Å². The van der Waals surface area contributed by atoms with Crippen LogP contribution < -0.4 is 15.8 Å². The first-order chi connectivity index (χ1) is 9.04. The predicted octanol–water partition coefficient (Wildman–Crippen LogP) is 0.707. The minimum absolute atomic E-state index is 0.118. The number of anilines is 2. The van der Waals surface area contributed by atoms with E-state index in [0.29, 0.717) is 5.75 Å². The van der Waals surface area contributed by atoms with Crippen LogP contribution in [-0.2, 0) is 7.05 Å². The van der Waals surface area contributed by atoms with Crippen LogP contribution >= 0.6 is 11.6 Å². The molecule has 19 heavy (non-hydrogen) atoms. The van der Waals surface area contributed by atoms with Gasteiger partial charge in [-0.1, -0.05) is 16.7 Å². The minimum atomic E-state index is -0.461. The second-order valence-electron chi connectivity index (χ2n) is 3.62. The lowest BCUT2D eigenvalue weighted by molar-refractivity contribution is 0.102. The van der Waals surface area contributed by atoms with Crippen LogP contribution in [0.3, 0.4) is 0 Å². The molecular weight excluding hydrogens is 272 g/mol. The van der Waals surface area contributed by atoms with Gasteiger partial charge in [0, 0.05) is 7.05 Å². The molecule has 1 aromatic heterocycles. The highest BCUT2D eigenvalue weighted by Crippen LogP contribution is 2.32. The van der Waals surface area contributed by atoms with E-state index in [1.807, 2.05) is 0 Å². The number of benzene rings is 1. The van der Waals surface area contributed by atoms with Crippen LogP contribution in [0, 0.1) is 0 Å². The van der Waals surface area contributed by atoms with Crippen molar-refractivity contribution in [2.24, 2.45) is 7.05 Å². The Balaban J connectivity index is 2.30. The van der Waals surface area contributed by atoms with E-state index in [1.54, 1.807) is 13.1 Å². The quantitative estimate of drug-likeness (QED) is 0.803. The van der Waals surface area contributed by atoms with Gasteiger partial charge < -0.3 is 10.5 Å². The topological polar surface area (TPSA) is 108 Å². The van der Waals surface area contributed by atoms with Crippen LogP contribution in [0.15, 0.2) is 12.1 Å². The first-order valence-electron chi connectivity index (χ1n) is 5.20. The van der Waals surface area contributed by atoms with Crippen molar-refractivity contribution in [3.63, 3.8) is 0 Å². The van der Waals surface area contributed by atoms with E-state index in [0.717, 1.165) is 0 Å². The number of halogens is 1. The van der Waals surface area contributed by atoms with Crippen molar-refractivity contribution < 1.29 is 9.53 Å². The zero-order valence-corrected chi connectivity index (χ0v) is 11.0. The number of carbonyl (C=O) groups is 1. The van der Waals surface area contributed by atoms with Crippen LogP contribution in [0.1, 0.15) is 10.4 Å². The summed E-state index contributed by atoms with van der Waals surface area (Å²) in [7, 11) is 3.06. The van der Waals surface area contributed by atoms with Gasteiger partial charge in [0.05, 0.1) is 23.4 Å². The molecule has 1 amide bonds. The summed E-state index contributed by atoms with van der Waals surface area (Å²) in [4.78, 5) is 12.0. The van der Waals surface area contributed by atoms with Crippen molar-refractivity contribution in [3.8, 4) is 5.75 Å². The van der Waals surface area contributed by atoms with E-state index < -0.39 is 5.91 Å². The van der Waals surface area contributed by atoms with Crippen molar-refractivity contribution in [2.75, 3.05) is 18.2 Å². The molecule has 2 aromatic rings. The Bertz CT molecular complexity index is 626. The minimum Gasteiger partial charge on any atom is -0.495 e. The molecule has 0 aliphatic carbocycles. The van der Waals surface area contributed by atoms with Crippen molar-refractivity contribution >= 4 is 29.1 Å². The fourth-order valence-corrected chi connectivity index (χ4v) is 1.67. The van der Waals surface area contributed by atoms with Gasteiger partial charge in [-0.3, -0.25) is 10.1 Å². The van der Waals surface area contributed by atoms with Gasteiger partial charge in [0.15, 0.2) is 0 Å². The molecule has 3 N–H and O–H groups in total. The number of hydrogen-bond acceptors (Lipinski definition) is 6. The summed E-state index contributed by atoms with van der Waals surface area (Å²) in [5.74, 6) is 0.148. The molecular formula is C10H11ClN6O2. The molecule has 0 saturated heterocycles. The first-order valence-corrected chi connectivity index (χ1v) is 5.58. The highest BCUT2D eigenvalue weighted by Gasteiger charge is 2.17. The van der Waals surface area contributed by atoms with E-state index in [-0.39, 0.29) is 22.2 Å². The van der Waals surface area contributed by atoms with Gasteiger partial charge >= 0.3 is 0 Å². The predicted molar refractivity (Wildman–Crippen MR) is 69.2 cm³/mol. The van der Waals surface area contributed by atoms with Gasteiger partial charge in [-0.2, -0.15) is 0 Å². The second kappa shape index (κ2) is 5.11. The third-order valence-electron chi connectivity index (χ3n) is 2.45. The van der Waals surface area contributed by atoms with E-state index >= 15 is 0 Å². The monoisotopic (exact) mass is 282 g/mol. The number of aryl methyl sites for hydroxylation is 1. The molecule has 0 spiro atoms. The Morgan fingerprint density at radius 3 is 2.84 bits per heavy atom. The average molecular weight is 283 g/mol. The average Bonchev–Trinajstić information content (AvgIpc) is 2.78. The largest absolute Gasteiger partial charge is 0.495 e. The molecule has 0 bridgehead atoms. The van der Waals surface area contributed by atoms with Crippen LogP contribution in [-0.4, -0.2) is 33.2 Å². The summed E-state index contributed by atoms with van der Waals surface area (Å²) in [6.45, 7) is 0. The van der Waals surface area contributed by atoms with Crippen LogP contribution in [0.5, 0.6) is 5.75 Å². The van der Waals surface area contributed by atoms with Gasteiger partial charge in [-0.15, -0.1) is 0 Å². The lowest BCUT2D eigenvalue weighted by Gasteiger charge is -2.10. The van der Waals surface area contributed by atoms with E-state index in [2.05, 4.69) is 20.8 Å². The van der Waals surface area contributed by atoms with Gasteiger partial charge in [0.2, 0.25) is 5.95 Å². The number of nitrogens with one attached hydrogen (secondary N) is 1. The summed E-state index contributed by atoms with van der Waals surface area (Å²) in [6, 6.07) is 3.07. The summed E-state index contributed by atoms with van der Waals surface area (Å²) >= 11 is 6.03. The number of amides is 1. The molecule has 0 radical (unpaired) electrons. The standard InChI is InChI=1S/C10H11ClN6O2/c1-17-10(14-15-16-17)13-9(18)5-3-4-6(19-2)8(12)7(5)11/h3-4H,12H2,1-2H3,(H,13,14,16,18). The van der Waals surface area contributed by atoms with Crippen molar-refractivity contribution in [1.82, 2.24) is 20.2 Å². The Hall–Kier alpha value is -2.35. The molecule has 1 heterocycles. The van der Waals surface area contributed by atoms with Gasteiger partial charge in [-0.25, -0.2) is 4.68 Å². The Morgan fingerprint density at radius 1 is 1.53 bits per heavy atom. The Kier molecular flexibility index (Phi) is 3.52. The van der Waals surface area contributed by atoms with Crippen molar-refractivity contribution in [2.45, 2.75) is 0 Å². The number of aromatic nitrogens is 4. The normalized spacial score (nSPS) is 10.3. The van der Waals surface area contributed by atoms with E-state index in [9.17, 15) is 4.79 Å². The molecule has 0 aliphatic rings. The van der Waals surface area contributed by atoms with Crippen LogP contribution in [0.2, 0.25) is 5.02 Å². The first kappa shape index (κ1) is 13.1. The molecule has 0 fully saturated rings. The molecule has 2 rings (SSSR count). The number of methoxy groups -OCH3 is 1. The maximum absolute atomic E-state index is 12.0. The maximum Gasteiger partial charge on any atom is 0.259 e. The summed E-state index contributed by atoms with van der Waals surface area (Å²) in [5.41, 5.74) is 6.17. The highest BCUT2D eigenvalue weighted by molar-refractivity contribution is 6.37. The molecule has 100 valence electrons. The summed E-state index contributed by atoms with van der Waals surface area (Å²) in [5, 5.41) is 13.3. The number of tetrazole rings is 1. The molecule has 0 unspecified atom stereocenters. The van der Waals surface area contributed by atoms with E-state index in [4.69, 9.17) is 22.1 Å². The van der Waals surface area contributed by atoms with Gasteiger partial charge in [-0.05, 0) is 22.6 Å². The maximum atomic E-state index is 12.0. The van der Waals surface area contributed by atoms with Crippen LogP contribution in [0.25, 0.3) is 0 Å². The Morgan fingerprint density at radius 2 is 2.26 bits per heavy atom. The second-order valence-corrected chi connectivity index (χ2v) is 4.00. The zero-order valence-electron chi connectivity index (χ0n) is 10.2. The van der Waals surface area contributed by atoms with Crippen LogP contribution in [0.4, 0.5) is 11.6 Å². The van der Waals surface area contributed by atoms with Crippen molar-refractivity contribution in [3.05, 3.63) is 22.7 Å². The molecule has 8 nitrogen and oxygen atoms in total. The summed E-state index contributed by atoms with van der Waals surface area (Å²) < 4.78 is 6.33. The van der Waals surface area contributed by atoms with E-state index in [1.165, 1.54) is 17.9 Å². The molecule has 0 aliphatic heterocycles. The number of hydrogen-bond donors (Lipinski definition) is 2. The number of rotatable bonds is 3. The fourth-order valence-electron chi connectivity index (χ4n) is 1.43.